The van der Waals surface area contributed by atoms with Gasteiger partial charge in [-0.2, -0.15) is 0 Å². The molecule has 0 aliphatic carbocycles. The van der Waals surface area contributed by atoms with Gasteiger partial charge in [0, 0.05) is 26.2 Å². The number of aliphatic hydroxyl groups is 1. The van der Waals surface area contributed by atoms with Gasteiger partial charge in [-0.05, 0) is 19.8 Å². The summed E-state index contributed by atoms with van der Waals surface area (Å²) in [7, 11) is 0. The molecule has 1 amide bonds. The van der Waals surface area contributed by atoms with Gasteiger partial charge in [-0.1, -0.05) is 6.92 Å². The topological polar surface area (TPSA) is 78.4 Å². The number of aliphatic hydroxyl groups excluding tert-OH is 1. The van der Waals surface area contributed by atoms with E-state index in [9.17, 15) is 4.79 Å². The normalized spacial score (nSPS) is 10.3. The summed E-state index contributed by atoms with van der Waals surface area (Å²) in [4.78, 5) is 22.1. The van der Waals surface area contributed by atoms with Crippen LogP contribution in [0.2, 0.25) is 0 Å². The van der Waals surface area contributed by atoms with Crippen molar-refractivity contribution < 1.29 is 9.90 Å². The van der Waals surface area contributed by atoms with Gasteiger partial charge >= 0.3 is 0 Å². The third-order valence-corrected chi connectivity index (χ3v) is 2.68. The van der Waals surface area contributed by atoms with E-state index in [0.717, 1.165) is 13.0 Å². The Morgan fingerprint density at radius 2 is 2.16 bits per heavy atom. The molecule has 0 aliphatic rings. The van der Waals surface area contributed by atoms with Crippen molar-refractivity contribution >= 4 is 11.7 Å². The van der Waals surface area contributed by atoms with E-state index in [2.05, 4.69) is 22.2 Å². The lowest BCUT2D eigenvalue weighted by molar-refractivity contribution is 0.0748. The molecule has 2 N–H and O–H groups in total. The minimum atomic E-state index is -0.148. The van der Waals surface area contributed by atoms with Crippen LogP contribution in [0.25, 0.3) is 0 Å². The third kappa shape index (κ3) is 4.82. The fraction of sp³-hybridized carbons (Fsp3) is 0.615. The van der Waals surface area contributed by atoms with Crippen LogP contribution in [0.3, 0.4) is 0 Å². The zero-order valence-corrected chi connectivity index (χ0v) is 11.6. The summed E-state index contributed by atoms with van der Waals surface area (Å²) in [6, 6.07) is 0. The van der Waals surface area contributed by atoms with Gasteiger partial charge in [0.05, 0.1) is 12.4 Å². The lowest BCUT2D eigenvalue weighted by atomic mass is 10.3. The first-order valence-electron chi connectivity index (χ1n) is 6.69. The molecule has 0 aliphatic heterocycles. The fourth-order valence-electron chi connectivity index (χ4n) is 1.61. The maximum absolute atomic E-state index is 12.1. The maximum atomic E-state index is 12.1. The molecule has 19 heavy (non-hydrogen) atoms. The standard InChI is InChI=1S/C13H22N4O2/c1-3-6-14-12-10-15-11(9-16-12)13(19)17(4-2)7-5-8-18/h9-10,18H,3-8H2,1-2H3,(H,14,16). The number of hydrogen-bond acceptors (Lipinski definition) is 5. The van der Waals surface area contributed by atoms with Gasteiger partial charge < -0.3 is 15.3 Å². The first kappa shape index (κ1) is 15.4. The summed E-state index contributed by atoms with van der Waals surface area (Å²) in [5.74, 6) is 0.530. The van der Waals surface area contributed by atoms with Gasteiger partial charge in [-0.25, -0.2) is 9.97 Å². The molecule has 0 radical (unpaired) electrons. The molecule has 1 aromatic heterocycles. The van der Waals surface area contributed by atoms with E-state index < -0.39 is 0 Å². The zero-order valence-electron chi connectivity index (χ0n) is 11.6. The highest BCUT2D eigenvalue weighted by atomic mass is 16.3. The second kappa shape index (κ2) is 8.42. The number of anilines is 1. The number of rotatable bonds is 8. The van der Waals surface area contributed by atoms with E-state index >= 15 is 0 Å². The van der Waals surface area contributed by atoms with Gasteiger partial charge in [0.25, 0.3) is 5.91 Å². The summed E-state index contributed by atoms with van der Waals surface area (Å²) >= 11 is 0. The van der Waals surface area contributed by atoms with E-state index in [1.807, 2.05) is 6.92 Å². The molecule has 0 atom stereocenters. The summed E-state index contributed by atoms with van der Waals surface area (Å²) < 4.78 is 0. The van der Waals surface area contributed by atoms with Crippen LogP contribution < -0.4 is 5.32 Å². The van der Waals surface area contributed by atoms with Crippen molar-refractivity contribution in [1.29, 1.82) is 0 Å². The van der Waals surface area contributed by atoms with Crippen LogP contribution in [0, 0.1) is 0 Å². The average molecular weight is 266 g/mol. The van der Waals surface area contributed by atoms with Crippen molar-refractivity contribution in [1.82, 2.24) is 14.9 Å². The number of hydrogen-bond donors (Lipinski definition) is 2. The molecule has 0 spiro atoms. The third-order valence-electron chi connectivity index (χ3n) is 2.68. The van der Waals surface area contributed by atoms with Gasteiger partial charge in [0.2, 0.25) is 0 Å². The number of nitrogens with one attached hydrogen (secondary N) is 1. The first-order valence-corrected chi connectivity index (χ1v) is 6.69. The van der Waals surface area contributed by atoms with Crippen LogP contribution in [0.15, 0.2) is 12.4 Å². The van der Waals surface area contributed by atoms with Crippen LogP contribution in [0.5, 0.6) is 0 Å². The zero-order chi connectivity index (χ0) is 14.1. The smallest absolute Gasteiger partial charge is 0.274 e. The molecular formula is C13H22N4O2. The predicted molar refractivity (Wildman–Crippen MR) is 74.1 cm³/mol. The molecule has 6 heteroatoms. The SMILES string of the molecule is CCCNc1cnc(C(=O)N(CC)CCCO)cn1. The molecule has 0 saturated carbocycles. The van der Waals surface area contributed by atoms with Crippen LogP contribution in [0.4, 0.5) is 5.82 Å². The Hall–Kier alpha value is -1.69. The Kier molecular flexibility index (Phi) is 6.81. The number of amides is 1. The van der Waals surface area contributed by atoms with Gasteiger partial charge in [-0.15, -0.1) is 0 Å². The predicted octanol–water partition coefficient (Wildman–Crippen LogP) is 1.14. The average Bonchev–Trinajstić information content (AvgIpc) is 2.46. The Morgan fingerprint density at radius 3 is 2.68 bits per heavy atom. The number of carbonyl (C=O) groups excluding carboxylic acids is 1. The van der Waals surface area contributed by atoms with Crippen LogP contribution in [0.1, 0.15) is 37.2 Å². The van der Waals surface area contributed by atoms with Crippen molar-refractivity contribution in [3.05, 3.63) is 18.1 Å². The Morgan fingerprint density at radius 1 is 1.37 bits per heavy atom. The summed E-state index contributed by atoms with van der Waals surface area (Å²) in [5, 5.41) is 11.9. The van der Waals surface area contributed by atoms with Crippen molar-refractivity contribution in [3.63, 3.8) is 0 Å². The second-order valence-corrected chi connectivity index (χ2v) is 4.18. The highest BCUT2D eigenvalue weighted by Crippen LogP contribution is 2.05. The first-order chi connectivity index (χ1) is 9.22. The van der Waals surface area contributed by atoms with Gasteiger partial charge in [0.15, 0.2) is 0 Å². The molecule has 0 aromatic carbocycles. The minimum absolute atomic E-state index is 0.0787. The molecule has 1 heterocycles. The number of carbonyl (C=O) groups is 1. The molecule has 6 nitrogen and oxygen atoms in total. The highest BCUT2D eigenvalue weighted by molar-refractivity contribution is 5.92. The number of aromatic nitrogens is 2. The number of nitrogens with zero attached hydrogens (tertiary/aromatic N) is 3. The van der Waals surface area contributed by atoms with Crippen LogP contribution in [-0.4, -0.2) is 52.1 Å². The minimum Gasteiger partial charge on any atom is -0.396 e. The Bertz CT molecular complexity index is 381. The largest absolute Gasteiger partial charge is 0.396 e. The molecule has 106 valence electrons. The molecule has 1 aromatic rings. The maximum Gasteiger partial charge on any atom is 0.274 e. The van der Waals surface area contributed by atoms with Crippen LogP contribution >= 0.6 is 0 Å². The Balaban J connectivity index is 2.65. The van der Waals surface area contributed by atoms with Gasteiger partial charge in [-0.3, -0.25) is 4.79 Å². The summed E-state index contributed by atoms with van der Waals surface area (Å²) in [6.45, 7) is 6.01. The van der Waals surface area contributed by atoms with Gasteiger partial charge in [0.1, 0.15) is 11.5 Å². The monoisotopic (exact) mass is 266 g/mol. The lowest BCUT2D eigenvalue weighted by Crippen LogP contribution is -2.32. The van der Waals surface area contributed by atoms with Crippen LogP contribution in [-0.2, 0) is 0 Å². The fourth-order valence-corrected chi connectivity index (χ4v) is 1.61. The Labute approximate surface area is 113 Å². The molecule has 0 unspecified atom stereocenters. The van der Waals surface area contributed by atoms with E-state index in [4.69, 9.17) is 5.11 Å². The summed E-state index contributed by atoms with van der Waals surface area (Å²) in [5.41, 5.74) is 0.335. The summed E-state index contributed by atoms with van der Waals surface area (Å²) in [6.07, 6.45) is 4.64. The molecule has 0 saturated heterocycles. The van der Waals surface area contributed by atoms with Crippen molar-refractivity contribution in [2.45, 2.75) is 26.7 Å². The van der Waals surface area contributed by atoms with E-state index in [-0.39, 0.29) is 12.5 Å². The van der Waals surface area contributed by atoms with E-state index in [0.29, 0.717) is 31.0 Å². The van der Waals surface area contributed by atoms with Crippen molar-refractivity contribution in [3.8, 4) is 0 Å². The van der Waals surface area contributed by atoms with Crippen molar-refractivity contribution in [2.75, 3.05) is 31.6 Å². The molecule has 0 bridgehead atoms. The molecule has 1 rings (SSSR count). The van der Waals surface area contributed by atoms with Crippen molar-refractivity contribution in [2.24, 2.45) is 0 Å². The lowest BCUT2D eigenvalue weighted by Gasteiger charge is -2.19. The quantitative estimate of drug-likeness (QED) is 0.738. The van der Waals surface area contributed by atoms with E-state index in [1.54, 1.807) is 11.1 Å². The second-order valence-electron chi connectivity index (χ2n) is 4.18. The molecular weight excluding hydrogens is 244 g/mol. The van der Waals surface area contributed by atoms with E-state index in [1.165, 1.54) is 6.20 Å². The highest BCUT2D eigenvalue weighted by Gasteiger charge is 2.15. The molecule has 0 fully saturated rings.